The Hall–Kier alpha value is -4.15. The molecule has 0 amide bonds. The number of nitrogens with zero attached hydrogens (tertiary/aromatic N) is 5. The summed E-state index contributed by atoms with van der Waals surface area (Å²) in [4.78, 5) is 11.7. The molecule has 4 heterocycles. The summed E-state index contributed by atoms with van der Waals surface area (Å²) in [6, 6.07) is 23.0. The molecule has 5 aromatic rings. The smallest absolute Gasteiger partial charge is 0.240 e. The summed E-state index contributed by atoms with van der Waals surface area (Å²) in [5, 5.41) is 4.91. The average molecular weight is 529 g/mol. The number of hydrogen-bond acceptors (Lipinski definition) is 6. The van der Waals surface area contributed by atoms with Gasteiger partial charge < -0.3 is 4.90 Å². The number of nitrogens with one attached hydrogen (secondary N) is 1. The molecule has 0 saturated carbocycles. The lowest BCUT2D eigenvalue weighted by atomic mass is 10.0. The minimum atomic E-state index is -3.51. The van der Waals surface area contributed by atoms with Gasteiger partial charge in [-0.25, -0.2) is 32.0 Å². The van der Waals surface area contributed by atoms with Gasteiger partial charge in [0.15, 0.2) is 5.65 Å². The van der Waals surface area contributed by atoms with E-state index >= 15 is 0 Å². The maximum absolute atomic E-state index is 13.9. The summed E-state index contributed by atoms with van der Waals surface area (Å²) in [6.45, 7) is 0.830. The number of halogens is 1. The van der Waals surface area contributed by atoms with Gasteiger partial charge in [0.1, 0.15) is 17.3 Å². The Morgan fingerprint density at radius 3 is 2.55 bits per heavy atom. The summed E-state index contributed by atoms with van der Waals surface area (Å²) < 4.78 is 42.1. The second kappa shape index (κ2) is 9.62. The number of pyridine rings is 1. The number of hydrogen-bond donors (Lipinski definition) is 1. The van der Waals surface area contributed by atoms with Crippen molar-refractivity contribution in [2.75, 3.05) is 18.5 Å². The van der Waals surface area contributed by atoms with Gasteiger partial charge in [0.25, 0.3) is 0 Å². The normalized spacial score (nSPS) is 15.8. The zero-order valence-corrected chi connectivity index (χ0v) is 21.4. The van der Waals surface area contributed by atoms with Crippen LogP contribution in [0.4, 0.5) is 10.2 Å². The fraction of sp³-hybridized carbons (Fsp3) is 0.179. The van der Waals surface area contributed by atoms with Crippen LogP contribution < -0.4 is 9.62 Å². The number of imidazole rings is 1. The first-order valence-corrected chi connectivity index (χ1v) is 13.8. The Kier molecular flexibility index (Phi) is 6.13. The quantitative estimate of drug-likeness (QED) is 0.339. The van der Waals surface area contributed by atoms with E-state index in [9.17, 15) is 12.8 Å². The van der Waals surface area contributed by atoms with Crippen molar-refractivity contribution in [3.05, 3.63) is 96.4 Å². The number of fused-ring (bicyclic) bond motifs is 1. The van der Waals surface area contributed by atoms with E-state index in [0.29, 0.717) is 17.0 Å². The number of anilines is 1. The van der Waals surface area contributed by atoms with Crippen molar-refractivity contribution in [2.45, 2.75) is 23.8 Å². The fourth-order valence-electron chi connectivity index (χ4n) is 4.95. The van der Waals surface area contributed by atoms with Crippen LogP contribution in [0.15, 0.2) is 90.0 Å². The second-order valence-corrected chi connectivity index (χ2v) is 11.0. The molecule has 3 aromatic heterocycles. The molecule has 8 nitrogen and oxygen atoms in total. The summed E-state index contributed by atoms with van der Waals surface area (Å²) in [5.74, 6) is 0.555. The van der Waals surface area contributed by atoms with Crippen LogP contribution in [-0.4, -0.2) is 41.6 Å². The fourth-order valence-corrected chi connectivity index (χ4v) is 5.68. The monoisotopic (exact) mass is 528 g/mol. The molecule has 0 spiro atoms. The first-order chi connectivity index (χ1) is 18.4. The van der Waals surface area contributed by atoms with E-state index < -0.39 is 10.0 Å². The van der Waals surface area contributed by atoms with Gasteiger partial charge >= 0.3 is 0 Å². The summed E-state index contributed by atoms with van der Waals surface area (Å²) >= 11 is 0. The maximum atomic E-state index is 13.9. The molecular formula is C28H25FN6O2S. The van der Waals surface area contributed by atoms with Gasteiger partial charge in [-0.05, 0) is 74.0 Å². The van der Waals surface area contributed by atoms with E-state index in [1.165, 1.54) is 13.1 Å². The van der Waals surface area contributed by atoms with E-state index in [0.717, 1.165) is 42.0 Å². The van der Waals surface area contributed by atoms with Gasteiger partial charge in [0.05, 0.1) is 28.5 Å². The molecule has 1 N–H and O–H groups in total. The molecular weight excluding hydrogens is 503 g/mol. The van der Waals surface area contributed by atoms with Crippen molar-refractivity contribution >= 4 is 21.5 Å². The summed E-state index contributed by atoms with van der Waals surface area (Å²) in [5.41, 5.74) is 4.55. The lowest BCUT2D eigenvalue weighted by molar-refractivity contribution is 0.588. The molecule has 1 atom stereocenters. The molecule has 2 aromatic carbocycles. The maximum Gasteiger partial charge on any atom is 0.240 e. The van der Waals surface area contributed by atoms with Crippen molar-refractivity contribution in [1.82, 2.24) is 24.3 Å². The molecule has 10 heteroatoms. The molecule has 1 unspecified atom stereocenters. The number of rotatable bonds is 6. The molecule has 1 fully saturated rings. The number of benzene rings is 2. The highest BCUT2D eigenvalue weighted by molar-refractivity contribution is 7.89. The van der Waals surface area contributed by atoms with E-state index in [-0.39, 0.29) is 16.8 Å². The second-order valence-electron chi connectivity index (χ2n) is 9.15. The minimum Gasteiger partial charge on any atom is -0.348 e. The summed E-state index contributed by atoms with van der Waals surface area (Å²) in [7, 11) is -2.13. The van der Waals surface area contributed by atoms with Crippen molar-refractivity contribution < 1.29 is 12.8 Å². The molecule has 6 rings (SSSR count). The Morgan fingerprint density at radius 2 is 1.76 bits per heavy atom. The molecule has 0 bridgehead atoms. The van der Waals surface area contributed by atoms with Crippen molar-refractivity contribution in [3.8, 4) is 22.6 Å². The predicted octanol–water partition coefficient (Wildman–Crippen LogP) is 4.85. The SMILES string of the molecule is CNS(=O)(=O)c1ccc(-c2cccc(-c3cnc4ccc(N5CCCC5c5cccc(F)c5)nn34)n2)cc1. The molecule has 1 aliphatic rings. The molecule has 38 heavy (non-hydrogen) atoms. The van der Waals surface area contributed by atoms with Crippen molar-refractivity contribution in [3.63, 3.8) is 0 Å². The average Bonchev–Trinajstić information content (AvgIpc) is 3.60. The predicted molar refractivity (Wildman–Crippen MR) is 144 cm³/mol. The van der Waals surface area contributed by atoms with Gasteiger partial charge in [0, 0.05) is 12.1 Å². The largest absolute Gasteiger partial charge is 0.348 e. The molecule has 1 aliphatic heterocycles. The Morgan fingerprint density at radius 1 is 0.974 bits per heavy atom. The van der Waals surface area contributed by atoms with Crippen LogP contribution in [0.5, 0.6) is 0 Å². The van der Waals surface area contributed by atoms with Crippen LogP contribution in [0, 0.1) is 5.82 Å². The number of sulfonamides is 1. The minimum absolute atomic E-state index is 0.0544. The zero-order valence-electron chi connectivity index (χ0n) is 20.6. The van der Waals surface area contributed by atoms with Gasteiger partial charge in [-0.3, -0.25) is 0 Å². The van der Waals surface area contributed by atoms with E-state index in [4.69, 9.17) is 10.1 Å². The lowest BCUT2D eigenvalue weighted by Crippen LogP contribution is -2.24. The van der Waals surface area contributed by atoms with Gasteiger partial charge in [-0.2, -0.15) is 0 Å². The number of aromatic nitrogens is 4. The molecule has 0 aliphatic carbocycles. The zero-order chi connectivity index (χ0) is 26.3. The third-order valence-electron chi connectivity index (χ3n) is 6.87. The Bertz CT molecular complexity index is 1740. The summed E-state index contributed by atoms with van der Waals surface area (Å²) in [6.07, 6.45) is 3.67. The molecule has 1 saturated heterocycles. The topological polar surface area (TPSA) is 92.5 Å². The highest BCUT2D eigenvalue weighted by atomic mass is 32.2. The standard InChI is InChI=1S/C28H25FN6O2S/c1-30-38(36,37)22-12-10-19(11-13-22)23-7-3-8-24(32-23)26-18-31-27-14-15-28(33-35(26)27)34-16-4-9-25(34)20-5-2-6-21(29)17-20/h2-3,5-8,10-15,17-18,25,30H,4,9,16H2,1H3. The van der Waals surface area contributed by atoms with E-state index in [2.05, 4.69) is 14.6 Å². The van der Waals surface area contributed by atoms with Gasteiger partial charge in [-0.1, -0.05) is 30.3 Å². The van der Waals surface area contributed by atoms with E-state index in [1.54, 1.807) is 47.1 Å². The van der Waals surface area contributed by atoms with Crippen LogP contribution in [0.1, 0.15) is 24.4 Å². The van der Waals surface area contributed by atoms with Crippen molar-refractivity contribution in [1.29, 1.82) is 0 Å². The molecule has 0 radical (unpaired) electrons. The van der Waals surface area contributed by atoms with Crippen LogP contribution in [0.2, 0.25) is 0 Å². The Labute approximate surface area is 219 Å². The first-order valence-electron chi connectivity index (χ1n) is 12.3. The van der Waals surface area contributed by atoms with Crippen LogP contribution >= 0.6 is 0 Å². The molecule has 192 valence electrons. The van der Waals surface area contributed by atoms with Crippen LogP contribution in [-0.2, 0) is 10.0 Å². The first kappa shape index (κ1) is 24.2. The highest BCUT2D eigenvalue weighted by Crippen LogP contribution is 2.36. The van der Waals surface area contributed by atoms with Crippen LogP contribution in [0.25, 0.3) is 28.3 Å². The van der Waals surface area contributed by atoms with E-state index in [1.807, 2.05) is 36.4 Å². The highest BCUT2D eigenvalue weighted by Gasteiger charge is 2.28. The lowest BCUT2D eigenvalue weighted by Gasteiger charge is -2.26. The third kappa shape index (κ3) is 4.42. The van der Waals surface area contributed by atoms with Gasteiger partial charge in [0.2, 0.25) is 10.0 Å². The van der Waals surface area contributed by atoms with Crippen LogP contribution in [0.3, 0.4) is 0 Å². The van der Waals surface area contributed by atoms with Crippen molar-refractivity contribution in [2.24, 2.45) is 0 Å². The Balaban J connectivity index is 1.35. The van der Waals surface area contributed by atoms with Gasteiger partial charge in [-0.15, -0.1) is 5.10 Å². The third-order valence-corrected chi connectivity index (χ3v) is 8.30.